The highest BCUT2D eigenvalue weighted by atomic mass is 19.1. The van der Waals surface area contributed by atoms with E-state index in [-0.39, 0.29) is 11.3 Å². The Labute approximate surface area is 161 Å². The highest BCUT2D eigenvalue weighted by Gasteiger charge is 2.20. The van der Waals surface area contributed by atoms with E-state index in [0.29, 0.717) is 12.1 Å². The van der Waals surface area contributed by atoms with Crippen LogP contribution in [0.4, 0.5) is 10.1 Å². The zero-order valence-electron chi connectivity index (χ0n) is 15.4. The summed E-state index contributed by atoms with van der Waals surface area (Å²) in [6.07, 6.45) is -0.565. The van der Waals surface area contributed by atoms with E-state index in [1.165, 1.54) is 49.4 Å². The lowest BCUT2D eigenvalue weighted by Gasteiger charge is -2.17. The Hall–Kier alpha value is -3.42. The summed E-state index contributed by atoms with van der Waals surface area (Å²) in [4.78, 5) is 35.1. The second-order valence-corrected chi connectivity index (χ2v) is 6.05. The first-order valence-electron chi connectivity index (χ1n) is 8.67. The Bertz CT molecular complexity index is 854. The Kier molecular flexibility index (Phi) is 7.08. The average molecular weight is 388 g/mol. The van der Waals surface area contributed by atoms with Crippen LogP contribution in [0.25, 0.3) is 0 Å². The maximum Gasteiger partial charge on any atom is 0.325 e. The van der Waals surface area contributed by atoms with Gasteiger partial charge in [0.15, 0.2) is 17.7 Å². The molecule has 2 rings (SSSR count). The molecule has 2 unspecified atom stereocenters. The molecule has 2 atom stereocenters. The monoisotopic (exact) mass is 388 g/mol. The second-order valence-electron chi connectivity index (χ2n) is 6.05. The van der Waals surface area contributed by atoms with Crippen molar-refractivity contribution in [1.29, 1.82) is 0 Å². The molecule has 3 N–H and O–H groups in total. The molecule has 0 spiro atoms. The lowest BCUT2D eigenvalue weighted by molar-refractivity contribution is -0.138. The number of benzene rings is 2. The minimum absolute atomic E-state index is 0.0101. The Morgan fingerprint density at radius 2 is 1.75 bits per heavy atom. The van der Waals surface area contributed by atoms with E-state index in [0.717, 1.165) is 0 Å². The van der Waals surface area contributed by atoms with Crippen molar-refractivity contribution in [3.8, 4) is 5.75 Å². The first kappa shape index (κ1) is 20.9. The van der Waals surface area contributed by atoms with E-state index >= 15 is 0 Å². The third kappa shape index (κ3) is 5.54. The molecular weight excluding hydrogens is 367 g/mol. The van der Waals surface area contributed by atoms with Gasteiger partial charge >= 0.3 is 5.97 Å². The van der Waals surface area contributed by atoms with Crippen LogP contribution in [0, 0.1) is 5.82 Å². The van der Waals surface area contributed by atoms with Crippen LogP contribution in [-0.2, 0) is 9.59 Å². The van der Waals surface area contributed by atoms with Crippen LogP contribution in [0.2, 0.25) is 0 Å². The van der Waals surface area contributed by atoms with Gasteiger partial charge in [-0.25, -0.2) is 4.39 Å². The van der Waals surface area contributed by atoms with Gasteiger partial charge in [0.25, 0.3) is 11.8 Å². The smallest absolute Gasteiger partial charge is 0.325 e. The molecule has 0 aliphatic carbocycles. The molecule has 0 saturated heterocycles. The quantitative estimate of drug-likeness (QED) is 0.645. The van der Waals surface area contributed by atoms with Crippen LogP contribution in [0.15, 0.2) is 48.5 Å². The fraction of sp³-hybridized carbons (Fsp3) is 0.250. The highest BCUT2D eigenvalue weighted by molar-refractivity contribution is 5.98. The summed E-state index contributed by atoms with van der Waals surface area (Å²) >= 11 is 0. The van der Waals surface area contributed by atoms with Crippen molar-refractivity contribution < 1.29 is 28.6 Å². The molecule has 28 heavy (non-hydrogen) atoms. The van der Waals surface area contributed by atoms with E-state index in [2.05, 4.69) is 10.6 Å². The lowest BCUT2D eigenvalue weighted by Crippen LogP contribution is -2.38. The molecule has 7 nitrogen and oxygen atoms in total. The summed E-state index contributed by atoms with van der Waals surface area (Å²) < 4.78 is 19.2. The van der Waals surface area contributed by atoms with Crippen LogP contribution >= 0.6 is 0 Å². The largest absolute Gasteiger partial charge is 0.480 e. The molecule has 0 aromatic heterocycles. The van der Waals surface area contributed by atoms with Gasteiger partial charge in [-0.3, -0.25) is 14.4 Å². The molecule has 2 aromatic carbocycles. The van der Waals surface area contributed by atoms with Gasteiger partial charge in [0.05, 0.1) is 0 Å². The first-order chi connectivity index (χ1) is 13.3. The van der Waals surface area contributed by atoms with Gasteiger partial charge in [0.2, 0.25) is 0 Å². The molecule has 2 amide bonds. The van der Waals surface area contributed by atoms with Crippen LogP contribution in [-0.4, -0.2) is 35.0 Å². The van der Waals surface area contributed by atoms with Crippen molar-refractivity contribution in [2.24, 2.45) is 0 Å². The number of ether oxygens (including phenoxy) is 1. The van der Waals surface area contributed by atoms with E-state index in [1.54, 1.807) is 13.0 Å². The van der Waals surface area contributed by atoms with Gasteiger partial charge in [0, 0.05) is 11.3 Å². The number of hydrogen-bond acceptors (Lipinski definition) is 4. The standard InChI is InChI=1S/C20H21FN2O5/c1-3-16(28-17-7-5-4-6-15(17)21)19(25)23-14-10-8-13(9-11-14)18(24)22-12(2)20(26)27/h4-12,16H,3H2,1-2H3,(H,22,24)(H,23,25)(H,26,27). The molecule has 0 bridgehead atoms. The molecule has 0 aliphatic rings. The number of aliphatic carboxylic acids is 1. The Balaban J connectivity index is 2.00. The number of rotatable bonds is 8. The number of carbonyl (C=O) groups excluding carboxylic acids is 2. The summed E-state index contributed by atoms with van der Waals surface area (Å²) in [6.45, 7) is 3.09. The zero-order chi connectivity index (χ0) is 20.7. The van der Waals surface area contributed by atoms with Gasteiger partial charge in [-0.2, -0.15) is 0 Å². The number of halogens is 1. The number of amides is 2. The lowest BCUT2D eigenvalue weighted by atomic mass is 10.1. The van der Waals surface area contributed by atoms with Crippen LogP contribution < -0.4 is 15.4 Å². The average Bonchev–Trinajstić information content (AvgIpc) is 2.67. The molecule has 148 valence electrons. The summed E-state index contributed by atoms with van der Waals surface area (Å²) in [5, 5.41) is 13.8. The predicted octanol–water partition coefficient (Wildman–Crippen LogP) is 2.82. The second kappa shape index (κ2) is 9.50. The minimum Gasteiger partial charge on any atom is -0.480 e. The van der Waals surface area contributed by atoms with E-state index in [4.69, 9.17) is 9.84 Å². The first-order valence-corrected chi connectivity index (χ1v) is 8.67. The molecule has 2 aromatic rings. The van der Waals surface area contributed by atoms with E-state index in [9.17, 15) is 18.8 Å². The molecule has 0 saturated carbocycles. The molecule has 0 aliphatic heterocycles. The van der Waals surface area contributed by atoms with Gasteiger partial charge in [-0.1, -0.05) is 19.1 Å². The van der Waals surface area contributed by atoms with E-state index in [1.807, 2.05) is 0 Å². The van der Waals surface area contributed by atoms with Crippen molar-refractivity contribution >= 4 is 23.5 Å². The van der Waals surface area contributed by atoms with Gasteiger partial charge in [-0.05, 0) is 49.7 Å². The zero-order valence-corrected chi connectivity index (χ0v) is 15.4. The van der Waals surface area contributed by atoms with Crippen molar-refractivity contribution in [3.05, 3.63) is 59.9 Å². The number of carboxylic acids is 1. The fourth-order valence-electron chi connectivity index (χ4n) is 2.29. The number of carboxylic acid groups (broad SMARTS) is 1. The third-order valence-corrected chi connectivity index (χ3v) is 3.90. The highest BCUT2D eigenvalue weighted by Crippen LogP contribution is 2.19. The molecule has 0 fully saturated rings. The van der Waals surface area contributed by atoms with E-state index < -0.39 is 35.7 Å². The molecule has 0 radical (unpaired) electrons. The predicted molar refractivity (Wildman–Crippen MR) is 101 cm³/mol. The number of carbonyl (C=O) groups is 3. The molecular formula is C20H21FN2O5. The van der Waals surface area contributed by atoms with Crippen molar-refractivity contribution in [1.82, 2.24) is 5.32 Å². The maximum atomic E-state index is 13.7. The number of nitrogens with one attached hydrogen (secondary N) is 2. The minimum atomic E-state index is -1.14. The molecule has 8 heteroatoms. The van der Waals surface area contributed by atoms with Crippen LogP contribution in [0.1, 0.15) is 30.6 Å². The normalized spacial score (nSPS) is 12.5. The summed E-state index contributed by atoms with van der Waals surface area (Å²) in [5.74, 6) is -2.70. The Morgan fingerprint density at radius 1 is 1.11 bits per heavy atom. The van der Waals surface area contributed by atoms with Gasteiger partial charge < -0.3 is 20.5 Å². The number of anilines is 1. The van der Waals surface area contributed by atoms with Crippen molar-refractivity contribution in [3.63, 3.8) is 0 Å². The third-order valence-electron chi connectivity index (χ3n) is 3.90. The van der Waals surface area contributed by atoms with Gasteiger partial charge in [-0.15, -0.1) is 0 Å². The van der Waals surface area contributed by atoms with Crippen LogP contribution in [0.5, 0.6) is 5.75 Å². The summed E-state index contributed by atoms with van der Waals surface area (Å²) in [5.41, 5.74) is 0.671. The topological polar surface area (TPSA) is 105 Å². The summed E-state index contributed by atoms with van der Waals surface area (Å²) in [6, 6.07) is 10.7. The van der Waals surface area contributed by atoms with Crippen LogP contribution in [0.3, 0.4) is 0 Å². The van der Waals surface area contributed by atoms with Crippen molar-refractivity contribution in [2.75, 3.05) is 5.32 Å². The van der Waals surface area contributed by atoms with Crippen molar-refractivity contribution in [2.45, 2.75) is 32.4 Å². The number of para-hydroxylation sites is 1. The summed E-state index contributed by atoms with van der Waals surface area (Å²) in [7, 11) is 0. The fourth-order valence-corrected chi connectivity index (χ4v) is 2.29. The molecule has 0 heterocycles. The number of hydrogen-bond donors (Lipinski definition) is 3. The Morgan fingerprint density at radius 3 is 2.32 bits per heavy atom. The SMILES string of the molecule is CCC(Oc1ccccc1F)C(=O)Nc1ccc(C(=O)NC(C)C(=O)O)cc1. The van der Waals surface area contributed by atoms with Gasteiger partial charge in [0.1, 0.15) is 6.04 Å². The maximum absolute atomic E-state index is 13.7.